The lowest BCUT2D eigenvalue weighted by Crippen LogP contribution is -2.39. The number of benzene rings is 1. The second-order valence-corrected chi connectivity index (χ2v) is 5.92. The van der Waals surface area contributed by atoms with Crippen LogP contribution in [0.1, 0.15) is 5.56 Å². The van der Waals surface area contributed by atoms with Crippen molar-refractivity contribution in [2.45, 2.75) is 11.0 Å². The van der Waals surface area contributed by atoms with E-state index in [1.54, 1.807) is 0 Å². The van der Waals surface area contributed by atoms with Gasteiger partial charge in [-0.15, -0.1) is 0 Å². The first-order valence-corrected chi connectivity index (χ1v) is 7.75. The Kier molecular flexibility index (Phi) is 6.48. The molecule has 0 aliphatic heterocycles. The maximum Gasteiger partial charge on any atom is 0.416 e. The smallest absolute Gasteiger partial charge is 0.306 e. The molecule has 0 aliphatic carbocycles. The molecule has 0 spiro atoms. The summed E-state index contributed by atoms with van der Waals surface area (Å²) in [4.78, 5) is 22.3. The lowest BCUT2D eigenvalue weighted by atomic mass is 10.2. The van der Waals surface area contributed by atoms with Crippen molar-refractivity contribution in [2.75, 3.05) is 10.6 Å². The summed E-state index contributed by atoms with van der Waals surface area (Å²) in [5.74, 6) is -0.646. The summed E-state index contributed by atoms with van der Waals surface area (Å²) in [6, 6.07) is 1.50. The number of anilines is 1. The summed E-state index contributed by atoms with van der Waals surface area (Å²) >= 11 is 11.7. The van der Waals surface area contributed by atoms with Gasteiger partial charge in [0.25, 0.3) is 0 Å². The third-order valence-electron chi connectivity index (χ3n) is 2.20. The summed E-state index contributed by atoms with van der Waals surface area (Å²) in [6.45, 7) is 0. The molecule has 0 radical (unpaired) electrons. The average Bonchev–Trinajstić information content (AvgIpc) is 2.38. The van der Waals surface area contributed by atoms with Crippen molar-refractivity contribution in [1.82, 2.24) is 5.32 Å². The first-order valence-electron chi connectivity index (χ1n) is 5.33. The van der Waals surface area contributed by atoms with E-state index in [1.807, 2.05) is 5.32 Å². The van der Waals surface area contributed by atoms with Crippen LogP contribution in [-0.4, -0.2) is 22.1 Å². The molecule has 0 saturated carbocycles. The predicted octanol–water partition coefficient (Wildman–Crippen LogP) is 4.17. The Morgan fingerprint density at radius 2 is 1.95 bits per heavy atom. The van der Waals surface area contributed by atoms with E-state index >= 15 is 0 Å². The topological polar surface area (TPSA) is 58.2 Å². The maximum atomic E-state index is 12.6. The molecule has 0 saturated heterocycles. The number of hydrogen-bond acceptors (Lipinski definition) is 2. The number of urea groups is 1. The monoisotopic (exact) mass is 450 g/mol. The van der Waals surface area contributed by atoms with E-state index in [4.69, 9.17) is 11.6 Å². The van der Waals surface area contributed by atoms with Crippen LogP contribution in [0.15, 0.2) is 18.2 Å². The molecule has 1 aromatic rings. The van der Waals surface area contributed by atoms with E-state index in [0.717, 1.165) is 12.1 Å². The minimum atomic E-state index is -4.57. The van der Waals surface area contributed by atoms with Crippen LogP contribution in [0.2, 0.25) is 5.02 Å². The molecule has 1 aromatic carbocycles. The lowest BCUT2D eigenvalue weighted by molar-refractivity contribution is -0.137. The molecule has 0 heterocycles. The molecular formula is C11H8Br2ClF3N2O2. The quantitative estimate of drug-likeness (QED) is 0.677. The molecule has 0 aromatic heterocycles. The zero-order valence-electron chi connectivity index (χ0n) is 10.1. The van der Waals surface area contributed by atoms with Gasteiger partial charge in [-0.05, 0) is 18.2 Å². The largest absolute Gasteiger partial charge is 0.416 e. The van der Waals surface area contributed by atoms with Crippen molar-refractivity contribution in [3.8, 4) is 0 Å². The minimum Gasteiger partial charge on any atom is -0.306 e. The van der Waals surface area contributed by atoms with E-state index in [1.165, 1.54) is 0 Å². The molecule has 0 aliphatic rings. The predicted molar refractivity (Wildman–Crippen MR) is 80.1 cm³/mol. The highest BCUT2D eigenvalue weighted by Gasteiger charge is 2.31. The van der Waals surface area contributed by atoms with Crippen molar-refractivity contribution in [3.05, 3.63) is 28.8 Å². The van der Waals surface area contributed by atoms with E-state index in [9.17, 15) is 22.8 Å². The van der Waals surface area contributed by atoms with Gasteiger partial charge in [0.15, 0.2) is 0 Å². The third-order valence-corrected chi connectivity index (χ3v) is 4.78. The molecule has 2 N–H and O–H groups in total. The molecule has 0 bridgehead atoms. The van der Waals surface area contributed by atoms with E-state index in [2.05, 4.69) is 37.2 Å². The Balaban J connectivity index is 2.83. The molecule has 4 nitrogen and oxygen atoms in total. The highest BCUT2D eigenvalue weighted by molar-refractivity contribution is 9.12. The van der Waals surface area contributed by atoms with Crippen LogP contribution in [0.5, 0.6) is 0 Å². The first-order chi connectivity index (χ1) is 9.65. The fraction of sp³-hybridized carbons (Fsp3) is 0.273. The Bertz CT molecular complexity index is 555. The Labute approximate surface area is 139 Å². The molecule has 1 atom stereocenters. The zero-order valence-corrected chi connectivity index (χ0v) is 14.0. The van der Waals surface area contributed by atoms with Crippen LogP contribution in [0.3, 0.4) is 0 Å². The van der Waals surface area contributed by atoms with Crippen LogP contribution < -0.4 is 10.6 Å². The van der Waals surface area contributed by atoms with Crippen LogP contribution >= 0.6 is 43.5 Å². The second kappa shape index (κ2) is 7.46. The third kappa shape index (κ3) is 5.48. The molecule has 0 fully saturated rings. The van der Waals surface area contributed by atoms with Crippen molar-refractivity contribution in [2.24, 2.45) is 0 Å². The number of halogens is 6. The average molecular weight is 452 g/mol. The van der Waals surface area contributed by atoms with Gasteiger partial charge in [0.05, 0.1) is 16.3 Å². The van der Waals surface area contributed by atoms with Gasteiger partial charge in [-0.25, -0.2) is 4.79 Å². The van der Waals surface area contributed by atoms with Crippen molar-refractivity contribution in [3.63, 3.8) is 0 Å². The van der Waals surface area contributed by atoms with Gasteiger partial charge in [-0.2, -0.15) is 13.2 Å². The Morgan fingerprint density at radius 3 is 2.48 bits per heavy atom. The van der Waals surface area contributed by atoms with Crippen LogP contribution in [0, 0.1) is 0 Å². The van der Waals surface area contributed by atoms with E-state index in [0.29, 0.717) is 6.07 Å². The van der Waals surface area contributed by atoms with Gasteiger partial charge in [0, 0.05) is 5.33 Å². The number of carbonyl (C=O) groups excluding carboxylic acids is 2. The second-order valence-electron chi connectivity index (χ2n) is 3.76. The summed E-state index contributed by atoms with van der Waals surface area (Å²) in [7, 11) is 0. The number of imide groups is 1. The Morgan fingerprint density at radius 1 is 1.33 bits per heavy atom. The van der Waals surface area contributed by atoms with Crippen molar-refractivity contribution < 1.29 is 22.8 Å². The summed E-state index contributed by atoms with van der Waals surface area (Å²) < 4.78 is 37.7. The number of rotatable bonds is 3. The highest BCUT2D eigenvalue weighted by Crippen LogP contribution is 2.33. The molecular weight excluding hydrogens is 444 g/mol. The maximum absolute atomic E-state index is 12.6. The fourth-order valence-electron chi connectivity index (χ4n) is 1.21. The summed E-state index contributed by atoms with van der Waals surface area (Å²) in [5, 5.41) is 4.23. The van der Waals surface area contributed by atoms with Gasteiger partial charge in [-0.1, -0.05) is 43.5 Å². The minimum absolute atomic E-state index is 0.0820. The van der Waals surface area contributed by atoms with Crippen LogP contribution in [0.25, 0.3) is 0 Å². The van der Waals surface area contributed by atoms with Crippen molar-refractivity contribution >= 4 is 61.1 Å². The first kappa shape index (κ1) is 18.2. The summed E-state index contributed by atoms with van der Waals surface area (Å²) in [5.41, 5.74) is -1.21. The molecule has 116 valence electrons. The normalized spacial score (nSPS) is 12.7. The fourth-order valence-corrected chi connectivity index (χ4v) is 1.78. The molecule has 1 rings (SSSR count). The standard InChI is InChI=1S/C11H8Br2ClF3N2O2/c12-4-6(13)9(20)19-10(21)18-8-3-5(11(15,16)17)1-2-7(8)14/h1-3,6H,4H2,(H2,18,19,20,21). The van der Waals surface area contributed by atoms with Crippen LogP contribution in [0.4, 0.5) is 23.7 Å². The molecule has 3 amide bonds. The van der Waals surface area contributed by atoms with Crippen molar-refractivity contribution in [1.29, 1.82) is 0 Å². The number of nitrogens with one attached hydrogen (secondary N) is 2. The zero-order chi connectivity index (χ0) is 16.2. The number of amides is 3. The highest BCUT2D eigenvalue weighted by atomic mass is 79.9. The number of hydrogen-bond donors (Lipinski definition) is 2. The van der Waals surface area contributed by atoms with Gasteiger partial charge in [0.2, 0.25) is 5.91 Å². The Hall–Kier alpha value is -0.800. The molecule has 10 heteroatoms. The molecule has 21 heavy (non-hydrogen) atoms. The summed E-state index contributed by atoms with van der Waals surface area (Å²) in [6.07, 6.45) is -4.57. The van der Waals surface area contributed by atoms with E-state index < -0.39 is 28.5 Å². The van der Waals surface area contributed by atoms with Crippen LogP contribution in [-0.2, 0) is 11.0 Å². The van der Waals surface area contributed by atoms with E-state index in [-0.39, 0.29) is 16.0 Å². The SMILES string of the molecule is O=C(NC(=O)C(Br)CBr)Nc1cc(C(F)(F)F)ccc1Cl. The van der Waals surface area contributed by atoms with Gasteiger partial charge < -0.3 is 5.32 Å². The van der Waals surface area contributed by atoms with Gasteiger partial charge >= 0.3 is 12.2 Å². The lowest BCUT2D eigenvalue weighted by Gasteiger charge is -2.12. The van der Waals surface area contributed by atoms with Gasteiger partial charge in [0.1, 0.15) is 4.83 Å². The number of alkyl halides is 5. The number of carbonyl (C=O) groups is 2. The molecule has 1 unspecified atom stereocenters. The van der Waals surface area contributed by atoms with Gasteiger partial charge in [-0.3, -0.25) is 10.1 Å².